The first-order valence-electron chi connectivity index (χ1n) is 9.63. The summed E-state index contributed by atoms with van der Waals surface area (Å²) in [5.74, 6) is 0.0222. The van der Waals surface area contributed by atoms with Crippen LogP contribution in [0.5, 0.6) is 0 Å². The number of hydrogen-bond acceptors (Lipinski definition) is 4. The molecule has 7 heteroatoms. The van der Waals surface area contributed by atoms with Crippen LogP contribution in [0.4, 0.5) is 5.69 Å². The van der Waals surface area contributed by atoms with Gasteiger partial charge < -0.3 is 4.90 Å². The summed E-state index contributed by atoms with van der Waals surface area (Å²) in [5, 5.41) is 0.520. The van der Waals surface area contributed by atoms with Gasteiger partial charge in [0.15, 0.2) is 15.0 Å². The molecule has 29 heavy (non-hydrogen) atoms. The Morgan fingerprint density at radius 1 is 1.14 bits per heavy atom. The summed E-state index contributed by atoms with van der Waals surface area (Å²) in [6.07, 6.45) is 0.236. The fraction of sp³-hybridized carbons (Fsp3) is 0.364. The maximum absolute atomic E-state index is 12.7. The third kappa shape index (κ3) is 4.12. The predicted molar refractivity (Wildman–Crippen MR) is 120 cm³/mol. The van der Waals surface area contributed by atoms with Gasteiger partial charge in [0, 0.05) is 10.9 Å². The van der Waals surface area contributed by atoms with Crippen molar-refractivity contribution in [3.05, 3.63) is 64.7 Å². The molecule has 1 amide bonds. The molecule has 0 unspecified atom stereocenters. The lowest BCUT2D eigenvalue weighted by atomic mass is 10.1. The minimum absolute atomic E-state index is 0.0922. The smallest absolute Gasteiger partial charge is 0.252 e. The first kappa shape index (κ1) is 20.2. The third-order valence-electron chi connectivity index (χ3n) is 5.56. The van der Waals surface area contributed by atoms with Gasteiger partial charge in [-0.25, -0.2) is 8.42 Å². The van der Waals surface area contributed by atoms with Gasteiger partial charge >= 0.3 is 0 Å². The highest BCUT2D eigenvalue weighted by Gasteiger charge is 2.49. The van der Waals surface area contributed by atoms with E-state index in [0.717, 1.165) is 27.9 Å². The van der Waals surface area contributed by atoms with Crippen molar-refractivity contribution in [1.82, 2.24) is 0 Å². The molecule has 4 rings (SSSR count). The van der Waals surface area contributed by atoms with Crippen molar-refractivity contribution in [1.29, 1.82) is 0 Å². The van der Waals surface area contributed by atoms with Crippen LogP contribution in [0.2, 0.25) is 0 Å². The summed E-state index contributed by atoms with van der Waals surface area (Å²) in [6, 6.07) is 13.6. The van der Waals surface area contributed by atoms with Gasteiger partial charge in [-0.1, -0.05) is 53.7 Å². The molecule has 2 aliphatic rings. The molecule has 0 aromatic heterocycles. The van der Waals surface area contributed by atoms with Crippen LogP contribution in [0.25, 0.3) is 0 Å². The fourth-order valence-corrected chi connectivity index (χ4v) is 7.91. The number of nitrogens with zero attached hydrogens (tertiary/aromatic N) is 2. The maximum atomic E-state index is 12.7. The molecule has 2 heterocycles. The van der Waals surface area contributed by atoms with E-state index in [2.05, 4.69) is 4.99 Å². The number of carbonyl (C=O) groups is 1. The Morgan fingerprint density at radius 2 is 1.90 bits per heavy atom. The number of benzene rings is 2. The predicted octanol–water partition coefficient (Wildman–Crippen LogP) is 3.46. The number of sulfone groups is 1. The summed E-state index contributed by atoms with van der Waals surface area (Å²) < 4.78 is 24.5. The number of amides is 1. The summed E-state index contributed by atoms with van der Waals surface area (Å²) in [4.78, 5) is 19.1. The Morgan fingerprint density at radius 3 is 2.66 bits per heavy atom. The molecule has 0 bridgehead atoms. The van der Waals surface area contributed by atoms with Gasteiger partial charge in [-0.05, 0) is 43.5 Å². The van der Waals surface area contributed by atoms with Crippen LogP contribution in [-0.4, -0.2) is 42.3 Å². The SMILES string of the molecule is Cc1cccc(CC(=O)N=C2S[C@H]3CS(=O)(=O)C[C@H]3N2c2cccc(C)c2C)c1. The lowest BCUT2D eigenvalue weighted by Gasteiger charge is -2.26. The van der Waals surface area contributed by atoms with Crippen LogP contribution < -0.4 is 4.90 Å². The first-order valence-corrected chi connectivity index (χ1v) is 12.3. The Labute approximate surface area is 176 Å². The molecule has 2 aromatic rings. The van der Waals surface area contributed by atoms with E-state index in [-0.39, 0.29) is 35.1 Å². The fourth-order valence-electron chi connectivity index (χ4n) is 3.99. The number of anilines is 1. The number of hydrogen-bond donors (Lipinski definition) is 0. The van der Waals surface area contributed by atoms with Gasteiger partial charge in [-0.15, -0.1) is 0 Å². The number of carbonyl (C=O) groups excluding carboxylic acids is 1. The van der Waals surface area contributed by atoms with Crippen LogP contribution in [0.1, 0.15) is 22.3 Å². The standard InChI is InChI=1S/C22H24N2O3S2/c1-14-6-4-8-17(10-14)11-21(25)23-22-24(18-9-5-7-15(2)16(18)3)19-12-29(26,27)13-20(19)28-22/h4-10,19-20H,11-13H2,1-3H3/t19-,20+/m1/s1. The lowest BCUT2D eigenvalue weighted by molar-refractivity contribution is -0.117. The van der Waals surface area contributed by atoms with E-state index in [1.54, 1.807) is 0 Å². The molecule has 0 aliphatic carbocycles. The van der Waals surface area contributed by atoms with E-state index in [0.29, 0.717) is 5.17 Å². The molecule has 5 nitrogen and oxygen atoms in total. The van der Waals surface area contributed by atoms with Crippen molar-refractivity contribution in [2.75, 3.05) is 16.4 Å². The molecule has 0 spiro atoms. The second kappa shape index (κ2) is 7.61. The van der Waals surface area contributed by atoms with Gasteiger partial charge in [0.2, 0.25) is 0 Å². The Balaban J connectivity index is 1.68. The molecule has 2 aliphatic heterocycles. The molecule has 2 aromatic carbocycles. The van der Waals surface area contributed by atoms with Crippen LogP contribution in [0.3, 0.4) is 0 Å². The molecule has 0 saturated carbocycles. The van der Waals surface area contributed by atoms with Crippen molar-refractivity contribution in [2.45, 2.75) is 38.5 Å². The van der Waals surface area contributed by atoms with Gasteiger partial charge in [0.25, 0.3) is 5.91 Å². The highest BCUT2D eigenvalue weighted by atomic mass is 32.2. The van der Waals surface area contributed by atoms with Crippen molar-refractivity contribution in [3.8, 4) is 0 Å². The van der Waals surface area contributed by atoms with Gasteiger partial charge in [-0.3, -0.25) is 4.79 Å². The highest BCUT2D eigenvalue weighted by molar-refractivity contribution is 8.16. The molecular formula is C22H24N2O3S2. The Bertz CT molecular complexity index is 1110. The molecular weight excluding hydrogens is 404 g/mol. The quantitative estimate of drug-likeness (QED) is 0.749. The molecule has 0 radical (unpaired) electrons. The zero-order valence-electron chi connectivity index (χ0n) is 16.8. The van der Waals surface area contributed by atoms with E-state index >= 15 is 0 Å². The molecule has 0 N–H and O–H groups in total. The number of fused-ring (bicyclic) bond motifs is 1. The Kier molecular flexibility index (Phi) is 5.29. The van der Waals surface area contributed by atoms with Crippen molar-refractivity contribution < 1.29 is 13.2 Å². The van der Waals surface area contributed by atoms with Gasteiger partial charge in [0.1, 0.15) is 0 Å². The van der Waals surface area contributed by atoms with E-state index in [1.807, 2.05) is 68.1 Å². The highest BCUT2D eigenvalue weighted by Crippen LogP contribution is 2.42. The minimum Gasteiger partial charge on any atom is -0.315 e. The number of aryl methyl sites for hydroxylation is 2. The number of thioether (sulfide) groups is 1. The molecule has 2 atom stereocenters. The van der Waals surface area contributed by atoms with Crippen LogP contribution in [-0.2, 0) is 21.1 Å². The van der Waals surface area contributed by atoms with Crippen LogP contribution >= 0.6 is 11.8 Å². The van der Waals surface area contributed by atoms with E-state index in [1.165, 1.54) is 11.8 Å². The normalized spacial score (nSPS) is 24.1. The second-order valence-electron chi connectivity index (χ2n) is 7.84. The number of aliphatic imine (C=N–C) groups is 1. The monoisotopic (exact) mass is 428 g/mol. The largest absolute Gasteiger partial charge is 0.315 e. The minimum atomic E-state index is -3.08. The van der Waals surface area contributed by atoms with Gasteiger partial charge in [-0.2, -0.15) is 4.99 Å². The third-order valence-corrected chi connectivity index (χ3v) is 8.77. The summed E-state index contributed by atoms with van der Waals surface area (Å²) in [6.45, 7) is 6.06. The zero-order chi connectivity index (χ0) is 20.8. The zero-order valence-corrected chi connectivity index (χ0v) is 18.4. The second-order valence-corrected chi connectivity index (χ2v) is 11.2. The lowest BCUT2D eigenvalue weighted by Crippen LogP contribution is -2.38. The van der Waals surface area contributed by atoms with E-state index in [9.17, 15) is 13.2 Å². The summed E-state index contributed by atoms with van der Waals surface area (Å²) in [5.41, 5.74) is 5.18. The molecule has 2 saturated heterocycles. The topological polar surface area (TPSA) is 66.8 Å². The van der Waals surface area contributed by atoms with Crippen molar-refractivity contribution in [3.63, 3.8) is 0 Å². The molecule has 2 fully saturated rings. The summed E-state index contributed by atoms with van der Waals surface area (Å²) >= 11 is 1.42. The number of amidine groups is 1. The summed E-state index contributed by atoms with van der Waals surface area (Å²) in [7, 11) is -3.08. The Hall–Kier alpha value is -2.12. The van der Waals surface area contributed by atoms with E-state index in [4.69, 9.17) is 0 Å². The van der Waals surface area contributed by atoms with Gasteiger partial charge in [0.05, 0.1) is 24.0 Å². The average Bonchev–Trinajstić information content (AvgIpc) is 3.08. The average molecular weight is 429 g/mol. The molecule has 152 valence electrons. The van der Waals surface area contributed by atoms with E-state index < -0.39 is 9.84 Å². The first-order chi connectivity index (χ1) is 13.7. The van der Waals surface area contributed by atoms with Crippen molar-refractivity contribution in [2.24, 2.45) is 4.99 Å². The van der Waals surface area contributed by atoms with Crippen LogP contribution in [0, 0.1) is 20.8 Å². The van der Waals surface area contributed by atoms with Crippen LogP contribution in [0.15, 0.2) is 47.5 Å². The maximum Gasteiger partial charge on any atom is 0.252 e. The van der Waals surface area contributed by atoms with Crippen molar-refractivity contribution >= 4 is 38.4 Å². The number of rotatable bonds is 3.